The number of halogens is 3. The monoisotopic (exact) mass is 290 g/mol. The van der Waals surface area contributed by atoms with E-state index in [1.807, 2.05) is 0 Å². The molecule has 0 aliphatic carbocycles. The Balaban J connectivity index is 2.11. The molecule has 3 nitrogen and oxygen atoms in total. The summed E-state index contributed by atoms with van der Waals surface area (Å²) in [5.74, 6) is -3.12. The summed E-state index contributed by atoms with van der Waals surface area (Å²) < 4.78 is 40.0. The second-order valence-electron chi connectivity index (χ2n) is 4.22. The molecular weight excluding hydrogens is 281 g/mol. The zero-order chi connectivity index (χ0) is 15.4. The van der Waals surface area contributed by atoms with Crippen LogP contribution in [-0.2, 0) is 6.54 Å². The number of rotatable bonds is 3. The molecule has 2 aromatic carbocycles. The molecule has 2 rings (SSSR count). The molecule has 2 aromatic rings. The molecular formula is C15H9F3N2O. The van der Waals surface area contributed by atoms with Gasteiger partial charge in [0.2, 0.25) is 0 Å². The first-order valence-corrected chi connectivity index (χ1v) is 5.93. The van der Waals surface area contributed by atoms with Crippen molar-refractivity contribution in [2.75, 3.05) is 0 Å². The summed E-state index contributed by atoms with van der Waals surface area (Å²) in [6, 6.07) is 8.05. The van der Waals surface area contributed by atoms with Gasteiger partial charge in [-0.05, 0) is 30.3 Å². The van der Waals surface area contributed by atoms with Crippen LogP contribution >= 0.6 is 0 Å². The number of nitriles is 1. The summed E-state index contributed by atoms with van der Waals surface area (Å²) in [5.41, 5.74) is -0.165. The summed E-state index contributed by atoms with van der Waals surface area (Å²) in [5, 5.41) is 10.9. The van der Waals surface area contributed by atoms with Gasteiger partial charge in [-0.2, -0.15) is 5.26 Å². The number of amides is 1. The molecule has 0 heterocycles. The minimum absolute atomic E-state index is 0.138. The maximum atomic E-state index is 13.6. The predicted molar refractivity (Wildman–Crippen MR) is 68.6 cm³/mol. The normalized spacial score (nSPS) is 10.0. The fraction of sp³-hybridized carbons (Fsp3) is 0.0667. The Bertz CT molecular complexity index is 738. The lowest BCUT2D eigenvalue weighted by Gasteiger charge is -2.07. The van der Waals surface area contributed by atoms with Crippen molar-refractivity contribution in [3.63, 3.8) is 0 Å². The Kier molecular flexibility index (Phi) is 4.24. The molecule has 0 saturated heterocycles. The topological polar surface area (TPSA) is 52.9 Å². The first kappa shape index (κ1) is 14.6. The molecule has 21 heavy (non-hydrogen) atoms. The fourth-order valence-electron chi connectivity index (χ4n) is 1.70. The van der Waals surface area contributed by atoms with Gasteiger partial charge in [0.1, 0.15) is 17.5 Å². The lowest BCUT2D eigenvalue weighted by atomic mass is 10.1. The molecule has 0 fully saturated rings. The second-order valence-corrected chi connectivity index (χ2v) is 4.22. The van der Waals surface area contributed by atoms with Crippen LogP contribution in [0.4, 0.5) is 13.2 Å². The molecule has 106 valence electrons. The molecule has 6 heteroatoms. The highest BCUT2D eigenvalue weighted by atomic mass is 19.1. The third-order valence-electron chi connectivity index (χ3n) is 2.79. The van der Waals surface area contributed by atoms with E-state index < -0.39 is 28.9 Å². The Morgan fingerprint density at radius 3 is 2.52 bits per heavy atom. The van der Waals surface area contributed by atoms with E-state index in [4.69, 9.17) is 5.26 Å². The van der Waals surface area contributed by atoms with Gasteiger partial charge < -0.3 is 5.32 Å². The van der Waals surface area contributed by atoms with Gasteiger partial charge >= 0.3 is 0 Å². The van der Waals surface area contributed by atoms with E-state index in [0.29, 0.717) is 0 Å². The standard InChI is InChI=1S/C15H9F3N2O/c16-11-3-4-13(17)12(6-11)15(21)20-8-10-2-1-9(7-19)5-14(10)18/h1-6H,8H2,(H,20,21). The van der Waals surface area contributed by atoms with Crippen molar-refractivity contribution in [2.24, 2.45) is 0 Å². The van der Waals surface area contributed by atoms with Crippen LogP contribution in [0.2, 0.25) is 0 Å². The molecule has 0 aromatic heterocycles. The van der Waals surface area contributed by atoms with Crippen molar-refractivity contribution in [3.05, 3.63) is 70.5 Å². The minimum atomic E-state index is -0.866. The van der Waals surface area contributed by atoms with Gasteiger partial charge in [0.15, 0.2) is 0 Å². The summed E-state index contributed by atoms with van der Waals surface area (Å²) in [6.45, 7) is -0.202. The SMILES string of the molecule is N#Cc1ccc(CNC(=O)c2cc(F)ccc2F)c(F)c1. The Labute approximate surface area is 118 Å². The van der Waals surface area contributed by atoms with Crippen molar-refractivity contribution in [3.8, 4) is 6.07 Å². The van der Waals surface area contributed by atoms with Gasteiger partial charge in [-0.3, -0.25) is 4.79 Å². The van der Waals surface area contributed by atoms with E-state index in [1.54, 1.807) is 6.07 Å². The summed E-state index contributed by atoms with van der Waals surface area (Å²) in [6.07, 6.45) is 0. The number of benzene rings is 2. The van der Waals surface area contributed by atoms with Gasteiger partial charge in [-0.15, -0.1) is 0 Å². The number of carbonyl (C=O) groups excluding carboxylic acids is 1. The van der Waals surface area contributed by atoms with Crippen LogP contribution in [0, 0.1) is 28.8 Å². The number of hydrogen-bond acceptors (Lipinski definition) is 2. The van der Waals surface area contributed by atoms with Crippen LogP contribution < -0.4 is 5.32 Å². The molecule has 0 spiro atoms. The third-order valence-corrected chi connectivity index (χ3v) is 2.79. The zero-order valence-electron chi connectivity index (χ0n) is 10.7. The van der Waals surface area contributed by atoms with Crippen molar-refractivity contribution < 1.29 is 18.0 Å². The number of carbonyl (C=O) groups is 1. The molecule has 0 saturated carbocycles. The lowest BCUT2D eigenvalue weighted by Crippen LogP contribution is -2.24. The highest BCUT2D eigenvalue weighted by Crippen LogP contribution is 2.12. The molecule has 0 aliphatic heterocycles. The molecule has 1 N–H and O–H groups in total. The van der Waals surface area contributed by atoms with Crippen LogP contribution in [-0.4, -0.2) is 5.91 Å². The Morgan fingerprint density at radius 1 is 1.10 bits per heavy atom. The quantitative estimate of drug-likeness (QED) is 0.945. The third kappa shape index (κ3) is 3.39. The maximum absolute atomic E-state index is 13.6. The van der Waals surface area contributed by atoms with Gasteiger partial charge in [-0.25, -0.2) is 13.2 Å². The Hall–Kier alpha value is -2.81. The number of hydrogen-bond donors (Lipinski definition) is 1. The van der Waals surface area contributed by atoms with E-state index in [1.165, 1.54) is 12.1 Å². The second kappa shape index (κ2) is 6.09. The number of nitrogens with zero attached hydrogens (tertiary/aromatic N) is 1. The fourth-order valence-corrected chi connectivity index (χ4v) is 1.70. The highest BCUT2D eigenvalue weighted by Gasteiger charge is 2.13. The predicted octanol–water partition coefficient (Wildman–Crippen LogP) is 2.91. The molecule has 0 radical (unpaired) electrons. The molecule has 0 aliphatic rings. The van der Waals surface area contributed by atoms with Crippen LogP contribution in [0.15, 0.2) is 36.4 Å². The van der Waals surface area contributed by atoms with Crippen molar-refractivity contribution in [1.82, 2.24) is 5.32 Å². The lowest BCUT2D eigenvalue weighted by molar-refractivity contribution is 0.0946. The number of nitrogens with one attached hydrogen (secondary N) is 1. The molecule has 0 bridgehead atoms. The smallest absolute Gasteiger partial charge is 0.254 e. The summed E-state index contributed by atoms with van der Waals surface area (Å²) >= 11 is 0. The van der Waals surface area contributed by atoms with Crippen LogP contribution in [0.3, 0.4) is 0 Å². The van der Waals surface area contributed by atoms with Crippen molar-refractivity contribution in [2.45, 2.75) is 6.54 Å². The highest BCUT2D eigenvalue weighted by molar-refractivity contribution is 5.94. The zero-order valence-corrected chi connectivity index (χ0v) is 10.7. The van der Waals surface area contributed by atoms with Crippen molar-refractivity contribution in [1.29, 1.82) is 5.26 Å². The van der Waals surface area contributed by atoms with Crippen molar-refractivity contribution >= 4 is 5.91 Å². The van der Waals surface area contributed by atoms with Crippen LogP contribution in [0.5, 0.6) is 0 Å². The minimum Gasteiger partial charge on any atom is -0.348 e. The first-order chi connectivity index (χ1) is 10.0. The van der Waals surface area contributed by atoms with E-state index >= 15 is 0 Å². The van der Waals surface area contributed by atoms with Gasteiger partial charge in [-0.1, -0.05) is 6.07 Å². The van der Waals surface area contributed by atoms with E-state index in [9.17, 15) is 18.0 Å². The molecule has 1 amide bonds. The first-order valence-electron chi connectivity index (χ1n) is 5.93. The van der Waals surface area contributed by atoms with E-state index in [-0.39, 0.29) is 17.7 Å². The Morgan fingerprint density at radius 2 is 1.86 bits per heavy atom. The van der Waals surface area contributed by atoms with Crippen LogP contribution in [0.1, 0.15) is 21.5 Å². The average molecular weight is 290 g/mol. The molecule has 0 atom stereocenters. The van der Waals surface area contributed by atoms with E-state index in [2.05, 4.69) is 5.32 Å². The molecule has 0 unspecified atom stereocenters. The largest absolute Gasteiger partial charge is 0.348 e. The van der Waals surface area contributed by atoms with E-state index in [0.717, 1.165) is 24.3 Å². The van der Waals surface area contributed by atoms with Gasteiger partial charge in [0, 0.05) is 12.1 Å². The van der Waals surface area contributed by atoms with Gasteiger partial charge in [0.25, 0.3) is 5.91 Å². The average Bonchev–Trinajstić information content (AvgIpc) is 2.48. The summed E-state index contributed by atoms with van der Waals surface area (Å²) in [7, 11) is 0. The van der Waals surface area contributed by atoms with Gasteiger partial charge in [0.05, 0.1) is 17.2 Å². The van der Waals surface area contributed by atoms with Crippen LogP contribution in [0.25, 0.3) is 0 Å². The summed E-state index contributed by atoms with van der Waals surface area (Å²) in [4.78, 5) is 11.7. The maximum Gasteiger partial charge on any atom is 0.254 e.